The molecule has 13 heavy (non-hydrogen) atoms. The predicted molar refractivity (Wildman–Crippen MR) is 54.5 cm³/mol. The minimum atomic E-state index is -0.576. The van der Waals surface area contributed by atoms with Crippen molar-refractivity contribution in [3.63, 3.8) is 0 Å². The van der Waals surface area contributed by atoms with Crippen molar-refractivity contribution in [2.45, 2.75) is 57.2 Å². The molecule has 0 spiro atoms. The third-order valence-corrected chi connectivity index (χ3v) is 3.12. The summed E-state index contributed by atoms with van der Waals surface area (Å²) < 4.78 is 0. The highest BCUT2D eigenvalue weighted by molar-refractivity contribution is 4.94. The lowest BCUT2D eigenvalue weighted by atomic mass is 9.78. The summed E-state index contributed by atoms with van der Waals surface area (Å²) in [4.78, 5) is 0. The highest BCUT2D eigenvalue weighted by atomic mass is 16.3. The van der Waals surface area contributed by atoms with Crippen molar-refractivity contribution in [1.82, 2.24) is 5.32 Å². The summed E-state index contributed by atoms with van der Waals surface area (Å²) in [5.41, 5.74) is 5.28. The maximum Gasteiger partial charge on any atom is 0.0812 e. The summed E-state index contributed by atoms with van der Waals surface area (Å²) in [6.07, 6.45) is 3.73. The third-order valence-electron chi connectivity index (χ3n) is 3.12. The third kappa shape index (κ3) is 2.66. The monoisotopic (exact) mass is 186 g/mol. The van der Waals surface area contributed by atoms with E-state index in [0.717, 1.165) is 32.2 Å². The Labute approximate surface area is 80.7 Å². The highest BCUT2D eigenvalue weighted by Crippen LogP contribution is 2.30. The summed E-state index contributed by atoms with van der Waals surface area (Å²) in [7, 11) is 0. The molecule has 1 aliphatic rings. The molecule has 1 fully saturated rings. The van der Waals surface area contributed by atoms with E-state index in [2.05, 4.69) is 12.2 Å². The van der Waals surface area contributed by atoms with Crippen LogP contribution in [-0.4, -0.2) is 29.3 Å². The molecule has 0 saturated heterocycles. The van der Waals surface area contributed by atoms with E-state index in [1.807, 2.05) is 6.92 Å². The molecule has 0 radical (unpaired) electrons. The largest absolute Gasteiger partial charge is 0.388 e. The molecule has 0 aliphatic heterocycles. The van der Waals surface area contributed by atoms with Crippen LogP contribution in [0.2, 0.25) is 0 Å². The zero-order chi connectivity index (χ0) is 9.90. The summed E-state index contributed by atoms with van der Waals surface area (Å²) in [6.45, 7) is 5.00. The smallest absolute Gasteiger partial charge is 0.0812 e. The van der Waals surface area contributed by atoms with Gasteiger partial charge in [-0.05, 0) is 39.2 Å². The van der Waals surface area contributed by atoms with Gasteiger partial charge in [0.15, 0.2) is 0 Å². The van der Waals surface area contributed by atoms with E-state index in [1.54, 1.807) is 0 Å². The Hall–Kier alpha value is -0.120. The SMILES string of the molecule is CCNC(C)C1(O)CCCC(N)C1. The second kappa shape index (κ2) is 4.40. The number of likely N-dealkylation sites (N-methyl/N-ethyl adjacent to an activating group) is 1. The van der Waals surface area contributed by atoms with Crippen LogP contribution in [0.25, 0.3) is 0 Å². The lowest BCUT2D eigenvalue weighted by molar-refractivity contribution is -0.0301. The number of aliphatic hydroxyl groups is 1. The summed E-state index contributed by atoms with van der Waals surface area (Å²) in [5, 5.41) is 13.6. The Morgan fingerprint density at radius 2 is 2.38 bits per heavy atom. The number of rotatable bonds is 3. The van der Waals surface area contributed by atoms with Crippen molar-refractivity contribution < 1.29 is 5.11 Å². The minimum Gasteiger partial charge on any atom is -0.388 e. The maximum absolute atomic E-state index is 10.3. The standard InChI is InChI=1S/C10H22N2O/c1-3-12-8(2)10(13)6-4-5-9(11)7-10/h8-9,12-13H,3-7,11H2,1-2H3. The fourth-order valence-corrected chi connectivity index (χ4v) is 2.22. The Morgan fingerprint density at radius 1 is 1.69 bits per heavy atom. The van der Waals surface area contributed by atoms with Crippen molar-refractivity contribution in [2.24, 2.45) is 5.73 Å². The second-order valence-electron chi connectivity index (χ2n) is 4.24. The first-order valence-corrected chi connectivity index (χ1v) is 5.30. The van der Waals surface area contributed by atoms with Crippen LogP contribution >= 0.6 is 0 Å². The van der Waals surface area contributed by atoms with Gasteiger partial charge in [0.25, 0.3) is 0 Å². The maximum atomic E-state index is 10.3. The lowest BCUT2D eigenvalue weighted by Gasteiger charge is -2.40. The molecule has 0 heterocycles. The first kappa shape index (κ1) is 11.0. The van der Waals surface area contributed by atoms with Crippen molar-refractivity contribution in [3.8, 4) is 0 Å². The molecule has 0 aromatic heterocycles. The van der Waals surface area contributed by atoms with Gasteiger partial charge in [0.1, 0.15) is 0 Å². The zero-order valence-corrected chi connectivity index (χ0v) is 8.71. The van der Waals surface area contributed by atoms with Crippen LogP contribution in [0.15, 0.2) is 0 Å². The molecule has 0 amide bonds. The van der Waals surface area contributed by atoms with Crippen molar-refractivity contribution in [2.75, 3.05) is 6.54 Å². The molecular formula is C10H22N2O. The van der Waals surface area contributed by atoms with Gasteiger partial charge in [0, 0.05) is 12.1 Å². The number of hydrogen-bond donors (Lipinski definition) is 3. The van der Waals surface area contributed by atoms with E-state index in [9.17, 15) is 5.11 Å². The van der Waals surface area contributed by atoms with Gasteiger partial charge >= 0.3 is 0 Å². The first-order valence-electron chi connectivity index (χ1n) is 5.30. The molecule has 4 N–H and O–H groups in total. The second-order valence-corrected chi connectivity index (χ2v) is 4.24. The van der Waals surface area contributed by atoms with Crippen molar-refractivity contribution in [1.29, 1.82) is 0 Å². The number of hydrogen-bond acceptors (Lipinski definition) is 3. The Bertz CT molecular complexity index is 163. The molecule has 1 aliphatic carbocycles. The quantitative estimate of drug-likeness (QED) is 0.605. The molecule has 0 aromatic rings. The topological polar surface area (TPSA) is 58.3 Å². The van der Waals surface area contributed by atoms with Gasteiger partial charge in [-0.15, -0.1) is 0 Å². The predicted octanol–water partition coefficient (Wildman–Crippen LogP) is 0.617. The Balaban J connectivity index is 2.52. The van der Waals surface area contributed by atoms with E-state index >= 15 is 0 Å². The molecule has 1 saturated carbocycles. The molecule has 0 bridgehead atoms. The van der Waals surface area contributed by atoms with E-state index in [4.69, 9.17) is 5.73 Å². The van der Waals surface area contributed by atoms with Gasteiger partial charge in [-0.2, -0.15) is 0 Å². The van der Waals surface area contributed by atoms with Gasteiger partial charge in [0.2, 0.25) is 0 Å². The lowest BCUT2D eigenvalue weighted by Crippen LogP contribution is -2.53. The van der Waals surface area contributed by atoms with Crippen LogP contribution in [0.1, 0.15) is 39.5 Å². The van der Waals surface area contributed by atoms with E-state index in [1.165, 1.54) is 0 Å². The van der Waals surface area contributed by atoms with Gasteiger partial charge in [0.05, 0.1) is 5.60 Å². The minimum absolute atomic E-state index is 0.156. The van der Waals surface area contributed by atoms with Crippen LogP contribution in [-0.2, 0) is 0 Å². The summed E-state index contributed by atoms with van der Waals surface area (Å²) in [5.74, 6) is 0. The Kier molecular flexibility index (Phi) is 3.71. The molecule has 1 rings (SSSR count). The van der Waals surface area contributed by atoms with Gasteiger partial charge in [-0.3, -0.25) is 0 Å². The van der Waals surface area contributed by atoms with Gasteiger partial charge in [-0.25, -0.2) is 0 Å². The van der Waals surface area contributed by atoms with Crippen LogP contribution in [0.3, 0.4) is 0 Å². The van der Waals surface area contributed by atoms with Crippen molar-refractivity contribution >= 4 is 0 Å². The fraction of sp³-hybridized carbons (Fsp3) is 1.00. The molecule has 0 aromatic carbocycles. The van der Waals surface area contributed by atoms with Crippen LogP contribution in [0.5, 0.6) is 0 Å². The molecule has 3 nitrogen and oxygen atoms in total. The number of nitrogens with one attached hydrogen (secondary N) is 1. The molecule has 3 unspecified atom stereocenters. The van der Waals surface area contributed by atoms with Crippen LogP contribution < -0.4 is 11.1 Å². The van der Waals surface area contributed by atoms with Gasteiger partial charge < -0.3 is 16.2 Å². The fourth-order valence-electron chi connectivity index (χ4n) is 2.22. The van der Waals surface area contributed by atoms with Crippen molar-refractivity contribution in [3.05, 3.63) is 0 Å². The Morgan fingerprint density at radius 3 is 2.92 bits per heavy atom. The van der Waals surface area contributed by atoms with Crippen LogP contribution in [0.4, 0.5) is 0 Å². The van der Waals surface area contributed by atoms with Crippen LogP contribution in [0, 0.1) is 0 Å². The first-order chi connectivity index (χ1) is 6.08. The highest BCUT2D eigenvalue weighted by Gasteiger charge is 2.37. The van der Waals surface area contributed by atoms with E-state index in [-0.39, 0.29) is 12.1 Å². The normalized spacial score (nSPS) is 37.4. The molecule has 3 heteroatoms. The molecular weight excluding hydrogens is 164 g/mol. The molecule has 3 atom stereocenters. The zero-order valence-electron chi connectivity index (χ0n) is 8.71. The van der Waals surface area contributed by atoms with E-state index in [0.29, 0.717) is 0 Å². The van der Waals surface area contributed by atoms with Gasteiger partial charge in [-0.1, -0.05) is 6.92 Å². The average Bonchev–Trinajstić information content (AvgIpc) is 2.04. The summed E-state index contributed by atoms with van der Waals surface area (Å²) >= 11 is 0. The average molecular weight is 186 g/mol. The molecule has 78 valence electrons. The summed E-state index contributed by atoms with van der Waals surface area (Å²) in [6, 6.07) is 0.337. The van der Waals surface area contributed by atoms with E-state index < -0.39 is 5.60 Å². The number of nitrogens with two attached hydrogens (primary N) is 1.